The summed E-state index contributed by atoms with van der Waals surface area (Å²) >= 11 is 0. The normalized spacial score (nSPS) is 13.2. The highest BCUT2D eigenvalue weighted by Gasteiger charge is 2.31. The lowest BCUT2D eigenvalue weighted by Gasteiger charge is -2.20. The minimum Gasteiger partial charge on any atom is -0.322 e. The van der Waals surface area contributed by atoms with Crippen LogP contribution in [0.15, 0.2) is 65.6 Å². The zero-order chi connectivity index (χ0) is 21.5. The van der Waals surface area contributed by atoms with Crippen LogP contribution >= 0.6 is 0 Å². The zero-order valence-electron chi connectivity index (χ0n) is 17.3. The maximum absolute atomic E-state index is 13.1. The van der Waals surface area contributed by atoms with Gasteiger partial charge in [-0.25, -0.2) is 8.42 Å². The number of aryl methyl sites for hydroxylation is 3. The van der Waals surface area contributed by atoms with E-state index in [1.165, 1.54) is 4.31 Å². The van der Waals surface area contributed by atoms with Gasteiger partial charge in [0.25, 0.3) is 15.9 Å². The standard InChI is InChI=1S/C24H24N2O3S/c1-16-4-8-21(9-5-16)30(28,29)26-13-12-19-15-20(7-11-23(19)26)24(27)25-22-10-6-17(2)14-18(22)3/h4-11,14-15H,12-13H2,1-3H3,(H,25,27). The van der Waals surface area contributed by atoms with E-state index in [4.69, 9.17) is 0 Å². The fourth-order valence-electron chi connectivity index (χ4n) is 3.75. The highest BCUT2D eigenvalue weighted by molar-refractivity contribution is 7.92. The fourth-order valence-corrected chi connectivity index (χ4v) is 5.25. The van der Waals surface area contributed by atoms with E-state index in [-0.39, 0.29) is 10.8 Å². The predicted molar refractivity (Wildman–Crippen MR) is 120 cm³/mol. The second-order valence-corrected chi connectivity index (χ2v) is 9.62. The number of carbonyl (C=O) groups excluding carboxylic acids is 1. The van der Waals surface area contributed by atoms with Gasteiger partial charge in [0.1, 0.15) is 0 Å². The van der Waals surface area contributed by atoms with Crippen molar-refractivity contribution in [2.45, 2.75) is 32.1 Å². The monoisotopic (exact) mass is 420 g/mol. The van der Waals surface area contributed by atoms with Gasteiger partial charge in [-0.3, -0.25) is 9.10 Å². The Morgan fingerprint density at radius 3 is 2.30 bits per heavy atom. The van der Waals surface area contributed by atoms with E-state index in [9.17, 15) is 13.2 Å². The molecular formula is C24H24N2O3S. The summed E-state index contributed by atoms with van der Waals surface area (Å²) in [6.07, 6.45) is 0.575. The first kappa shape index (κ1) is 20.2. The molecule has 0 atom stereocenters. The maximum Gasteiger partial charge on any atom is 0.264 e. The fraction of sp³-hybridized carbons (Fsp3) is 0.208. The second kappa shape index (κ2) is 7.61. The van der Waals surface area contributed by atoms with Crippen LogP contribution in [0.25, 0.3) is 0 Å². The molecule has 3 aromatic carbocycles. The summed E-state index contributed by atoms with van der Waals surface area (Å²) < 4.78 is 27.6. The lowest BCUT2D eigenvalue weighted by Crippen LogP contribution is -2.29. The Bertz CT molecular complexity index is 1230. The van der Waals surface area contributed by atoms with Crippen LogP contribution in [0.3, 0.4) is 0 Å². The minimum absolute atomic E-state index is 0.204. The molecule has 3 aromatic rings. The average Bonchev–Trinajstić information content (AvgIpc) is 3.14. The zero-order valence-corrected chi connectivity index (χ0v) is 18.1. The molecule has 0 aliphatic carbocycles. The molecule has 0 aromatic heterocycles. The number of nitrogens with zero attached hydrogens (tertiary/aromatic N) is 1. The number of amides is 1. The van der Waals surface area contributed by atoms with E-state index in [1.54, 1.807) is 42.5 Å². The topological polar surface area (TPSA) is 66.5 Å². The van der Waals surface area contributed by atoms with Crippen LogP contribution in [0.1, 0.15) is 32.6 Å². The van der Waals surface area contributed by atoms with Crippen LogP contribution in [0, 0.1) is 20.8 Å². The third kappa shape index (κ3) is 3.71. The van der Waals surface area contributed by atoms with Crippen molar-refractivity contribution in [3.63, 3.8) is 0 Å². The van der Waals surface area contributed by atoms with Crippen LogP contribution < -0.4 is 9.62 Å². The van der Waals surface area contributed by atoms with Gasteiger partial charge in [-0.05, 0) is 74.7 Å². The first-order chi connectivity index (χ1) is 14.3. The second-order valence-electron chi connectivity index (χ2n) is 7.76. The van der Waals surface area contributed by atoms with E-state index in [2.05, 4.69) is 5.32 Å². The third-order valence-corrected chi connectivity index (χ3v) is 7.26. The number of benzene rings is 3. The summed E-state index contributed by atoms with van der Waals surface area (Å²) in [5.41, 5.74) is 5.93. The molecule has 0 saturated carbocycles. The molecule has 0 fully saturated rings. The number of hydrogen-bond acceptors (Lipinski definition) is 3. The Balaban J connectivity index is 1.59. The quantitative estimate of drug-likeness (QED) is 0.670. The van der Waals surface area contributed by atoms with Crippen LogP contribution in [0.4, 0.5) is 11.4 Å². The van der Waals surface area contributed by atoms with Crippen molar-refractivity contribution in [2.75, 3.05) is 16.2 Å². The molecule has 0 radical (unpaired) electrons. The number of fused-ring (bicyclic) bond motifs is 1. The maximum atomic E-state index is 13.1. The van der Waals surface area contributed by atoms with Gasteiger partial charge in [0.2, 0.25) is 0 Å². The largest absolute Gasteiger partial charge is 0.322 e. The molecule has 0 bridgehead atoms. The Hall–Kier alpha value is -3.12. The summed E-state index contributed by atoms with van der Waals surface area (Å²) in [6.45, 7) is 6.26. The van der Waals surface area contributed by atoms with Crippen LogP contribution in [0.2, 0.25) is 0 Å². The van der Waals surface area contributed by atoms with Crippen LogP contribution in [-0.4, -0.2) is 20.9 Å². The van der Waals surface area contributed by atoms with E-state index >= 15 is 0 Å². The molecule has 30 heavy (non-hydrogen) atoms. The molecule has 1 amide bonds. The van der Waals surface area contributed by atoms with Gasteiger partial charge in [-0.15, -0.1) is 0 Å². The van der Waals surface area contributed by atoms with Gasteiger partial charge in [0.15, 0.2) is 0 Å². The van der Waals surface area contributed by atoms with Gasteiger partial charge in [0, 0.05) is 17.8 Å². The summed E-state index contributed by atoms with van der Waals surface area (Å²) in [5.74, 6) is -0.204. The molecule has 6 heteroatoms. The van der Waals surface area contributed by atoms with Crippen molar-refractivity contribution in [3.8, 4) is 0 Å². The number of nitrogens with one attached hydrogen (secondary N) is 1. The third-order valence-electron chi connectivity index (χ3n) is 5.43. The summed E-state index contributed by atoms with van der Waals surface area (Å²) in [5, 5.41) is 2.95. The minimum atomic E-state index is -3.63. The summed E-state index contributed by atoms with van der Waals surface area (Å²) in [4.78, 5) is 13.0. The molecule has 1 N–H and O–H groups in total. The Morgan fingerprint density at radius 1 is 0.900 bits per heavy atom. The smallest absolute Gasteiger partial charge is 0.264 e. The molecule has 1 aliphatic rings. The highest BCUT2D eigenvalue weighted by Crippen LogP contribution is 2.34. The molecular weight excluding hydrogens is 396 g/mol. The molecule has 4 rings (SSSR count). The van der Waals surface area contributed by atoms with E-state index in [1.807, 2.05) is 39.0 Å². The van der Waals surface area contributed by atoms with Gasteiger partial charge < -0.3 is 5.32 Å². The first-order valence-corrected chi connectivity index (χ1v) is 11.3. The van der Waals surface area contributed by atoms with Gasteiger partial charge in [-0.2, -0.15) is 0 Å². The molecule has 154 valence electrons. The SMILES string of the molecule is Cc1ccc(S(=O)(=O)N2CCc3cc(C(=O)Nc4ccc(C)cc4C)ccc32)cc1. The predicted octanol–water partition coefficient (Wildman–Crippen LogP) is 4.62. The number of sulfonamides is 1. The van der Waals surface area contributed by atoms with Crippen molar-refractivity contribution in [1.29, 1.82) is 0 Å². The lowest BCUT2D eigenvalue weighted by atomic mass is 10.1. The van der Waals surface area contributed by atoms with Crippen molar-refractivity contribution in [1.82, 2.24) is 0 Å². The lowest BCUT2D eigenvalue weighted by molar-refractivity contribution is 0.102. The van der Waals surface area contributed by atoms with E-state index in [0.29, 0.717) is 24.2 Å². The summed E-state index contributed by atoms with van der Waals surface area (Å²) in [7, 11) is -3.63. The molecule has 0 saturated heterocycles. The molecule has 0 spiro atoms. The van der Waals surface area contributed by atoms with Crippen LogP contribution in [0.5, 0.6) is 0 Å². The van der Waals surface area contributed by atoms with Gasteiger partial charge in [0.05, 0.1) is 10.6 Å². The molecule has 5 nitrogen and oxygen atoms in total. The van der Waals surface area contributed by atoms with E-state index < -0.39 is 10.0 Å². The van der Waals surface area contributed by atoms with Gasteiger partial charge >= 0.3 is 0 Å². The van der Waals surface area contributed by atoms with E-state index in [0.717, 1.165) is 27.9 Å². The highest BCUT2D eigenvalue weighted by atomic mass is 32.2. The number of rotatable bonds is 4. The molecule has 1 heterocycles. The Kier molecular flexibility index (Phi) is 5.12. The molecule has 0 unspecified atom stereocenters. The van der Waals surface area contributed by atoms with Crippen molar-refractivity contribution in [3.05, 3.63) is 88.5 Å². The van der Waals surface area contributed by atoms with Crippen molar-refractivity contribution in [2.24, 2.45) is 0 Å². The molecule has 1 aliphatic heterocycles. The number of hydrogen-bond donors (Lipinski definition) is 1. The number of carbonyl (C=O) groups is 1. The summed E-state index contributed by atoms with van der Waals surface area (Å²) in [6, 6.07) is 17.9. The van der Waals surface area contributed by atoms with Gasteiger partial charge in [-0.1, -0.05) is 35.4 Å². The van der Waals surface area contributed by atoms with Crippen molar-refractivity contribution < 1.29 is 13.2 Å². The Labute approximate surface area is 177 Å². The first-order valence-electron chi connectivity index (χ1n) is 9.86. The number of anilines is 2. The average molecular weight is 421 g/mol. The Morgan fingerprint density at radius 2 is 1.60 bits per heavy atom. The van der Waals surface area contributed by atoms with Crippen molar-refractivity contribution >= 4 is 27.3 Å². The van der Waals surface area contributed by atoms with Crippen LogP contribution in [-0.2, 0) is 16.4 Å².